The highest BCUT2D eigenvalue weighted by Gasteiger charge is 2.42. The van der Waals surface area contributed by atoms with Gasteiger partial charge in [-0.15, -0.1) is 0 Å². The minimum atomic E-state index is -1.04. The number of rotatable bonds is 5. The average molecular weight is 393 g/mol. The highest BCUT2D eigenvalue weighted by Crippen LogP contribution is 2.41. The van der Waals surface area contributed by atoms with Crippen molar-refractivity contribution in [1.82, 2.24) is 0 Å². The van der Waals surface area contributed by atoms with Crippen molar-refractivity contribution in [3.8, 4) is 5.75 Å². The smallest absolute Gasteiger partial charge is 0.197 e. The Morgan fingerprint density at radius 1 is 1.19 bits per heavy atom. The first-order chi connectivity index (χ1) is 12.9. The zero-order chi connectivity index (χ0) is 19.6. The van der Waals surface area contributed by atoms with Crippen LogP contribution in [0.15, 0.2) is 42.5 Å². The van der Waals surface area contributed by atoms with Crippen LogP contribution in [-0.4, -0.2) is 36.6 Å². The Morgan fingerprint density at radius 2 is 1.89 bits per heavy atom. The van der Waals surface area contributed by atoms with E-state index in [2.05, 4.69) is 0 Å². The molecule has 1 saturated heterocycles. The topological polar surface area (TPSA) is 68.2 Å². The minimum Gasteiger partial charge on any atom is -0.508 e. The third kappa shape index (κ3) is 4.13. The van der Waals surface area contributed by atoms with Gasteiger partial charge in [-0.3, -0.25) is 0 Å². The van der Waals surface area contributed by atoms with Gasteiger partial charge in [0.1, 0.15) is 11.9 Å². The number of aliphatic hydroxyl groups excluding tert-OH is 1. The molecule has 4 atom stereocenters. The van der Waals surface area contributed by atoms with Crippen LogP contribution in [0.2, 0.25) is 5.02 Å². The van der Waals surface area contributed by atoms with Crippen molar-refractivity contribution in [3.63, 3.8) is 0 Å². The standard InChI is InChI=1S/C21H25ClO5/c1-13-10-17(24)12-21(26-3,27-13)15-6-9-19(22)18(11-15)20(25-2)14-4-7-16(23)8-5-14/h4-9,11,13,17,20,23-24H,10,12H2,1-3H3. The molecule has 0 aliphatic carbocycles. The second kappa shape index (κ2) is 8.17. The summed E-state index contributed by atoms with van der Waals surface area (Å²) in [5.41, 5.74) is 2.39. The average Bonchev–Trinajstić information content (AvgIpc) is 2.64. The largest absolute Gasteiger partial charge is 0.508 e. The van der Waals surface area contributed by atoms with Crippen LogP contribution in [0, 0.1) is 0 Å². The Balaban J connectivity index is 2.03. The molecule has 0 amide bonds. The van der Waals surface area contributed by atoms with E-state index >= 15 is 0 Å². The highest BCUT2D eigenvalue weighted by molar-refractivity contribution is 6.31. The molecule has 2 aromatic rings. The summed E-state index contributed by atoms with van der Waals surface area (Å²) in [4.78, 5) is 0. The molecular weight excluding hydrogens is 368 g/mol. The summed E-state index contributed by atoms with van der Waals surface area (Å²) in [7, 11) is 3.18. The molecule has 2 aromatic carbocycles. The summed E-state index contributed by atoms with van der Waals surface area (Å²) in [6.07, 6.45) is -0.157. The van der Waals surface area contributed by atoms with E-state index in [4.69, 9.17) is 25.8 Å². The molecule has 6 heteroatoms. The van der Waals surface area contributed by atoms with E-state index in [1.54, 1.807) is 44.6 Å². The number of benzene rings is 2. The lowest BCUT2D eigenvalue weighted by Gasteiger charge is -2.41. The SMILES string of the molecule is COC(c1ccc(O)cc1)c1cc(C2(OC)CC(O)CC(C)O2)ccc1Cl. The quantitative estimate of drug-likeness (QED) is 0.800. The van der Waals surface area contributed by atoms with E-state index < -0.39 is 18.0 Å². The van der Waals surface area contributed by atoms with E-state index in [1.807, 2.05) is 19.1 Å². The Labute approximate surface area is 164 Å². The first kappa shape index (κ1) is 20.1. The number of aromatic hydroxyl groups is 1. The Hall–Kier alpha value is -1.63. The first-order valence-corrected chi connectivity index (χ1v) is 9.29. The van der Waals surface area contributed by atoms with Crippen LogP contribution in [0.5, 0.6) is 5.75 Å². The summed E-state index contributed by atoms with van der Waals surface area (Å²) < 4.78 is 17.5. The van der Waals surface area contributed by atoms with Gasteiger partial charge in [-0.05, 0) is 43.2 Å². The number of hydrogen-bond donors (Lipinski definition) is 2. The van der Waals surface area contributed by atoms with Crippen LogP contribution in [-0.2, 0) is 20.0 Å². The molecule has 0 aromatic heterocycles. The number of methoxy groups -OCH3 is 2. The maximum atomic E-state index is 10.3. The van der Waals surface area contributed by atoms with Gasteiger partial charge in [0.2, 0.25) is 0 Å². The van der Waals surface area contributed by atoms with Gasteiger partial charge in [0.15, 0.2) is 5.79 Å². The predicted octanol–water partition coefficient (Wildman–Crippen LogP) is 4.14. The molecule has 5 nitrogen and oxygen atoms in total. The fourth-order valence-corrected chi connectivity index (χ4v) is 3.92. The van der Waals surface area contributed by atoms with Crippen LogP contribution in [0.25, 0.3) is 0 Å². The van der Waals surface area contributed by atoms with Gasteiger partial charge in [0.25, 0.3) is 0 Å². The third-order valence-corrected chi connectivity index (χ3v) is 5.32. The molecule has 2 N–H and O–H groups in total. The summed E-state index contributed by atoms with van der Waals surface area (Å²) in [5.74, 6) is -0.853. The summed E-state index contributed by atoms with van der Waals surface area (Å²) in [5, 5.41) is 20.3. The minimum absolute atomic E-state index is 0.136. The highest BCUT2D eigenvalue weighted by atomic mass is 35.5. The van der Waals surface area contributed by atoms with E-state index in [0.717, 1.165) is 16.7 Å². The second-order valence-corrected chi connectivity index (χ2v) is 7.33. The van der Waals surface area contributed by atoms with Crippen molar-refractivity contribution in [2.45, 2.75) is 43.9 Å². The fourth-order valence-electron chi connectivity index (χ4n) is 3.71. The predicted molar refractivity (Wildman–Crippen MR) is 103 cm³/mol. The zero-order valence-corrected chi connectivity index (χ0v) is 16.4. The van der Waals surface area contributed by atoms with E-state index in [0.29, 0.717) is 17.9 Å². The summed E-state index contributed by atoms with van der Waals surface area (Å²) in [6.45, 7) is 1.92. The summed E-state index contributed by atoms with van der Waals surface area (Å²) in [6, 6.07) is 12.3. The molecule has 0 radical (unpaired) electrons. The molecule has 4 unspecified atom stereocenters. The van der Waals surface area contributed by atoms with Gasteiger partial charge in [-0.25, -0.2) is 0 Å². The number of ether oxygens (including phenoxy) is 3. The van der Waals surface area contributed by atoms with Crippen LogP contribution in [0.4, 0.5) is 0 Å². The van der Waals surface area contributed by atoms with Gasteiger partial charge >= 0.3 is 0 Å². The first-order valence-electron chi connectivity index (χ1n) is 8.91. The summed E-state index contributed by atoms with van der Waals surface area (Å²) >= 11 is 6.48. The lowest BCUT2D eigenvalue weighted by atomic mass is 9.90. The van der Waals surface area contributed by atoms with Crippen molar-refractivity contribution >= 4 is 11.6 Å². The Morgan fingerprint density at radius 3 is 2.48 bits per heavy atom. The molecule has 0 bridgehead atoms. The molecule has 1 aliphatic rings. The maximum absolute atomic E-state index is 10.3. The lowest BCUT2D eigenvalue weighted by molar-refractivity contribution is -0.291. The molecule has 27 heavy (non-hydrogen) atoms. The van der Waals surface area contributed by atoms with Crippen molar-refractivity contribution in [1.29, 1.82) is 0 Å². The molecule has 1 heterocycles. The zero-order valence-electron chi connectivity index (χ0n) is 15.7. The van der Waals surface area contributed by atoms with E-state index in [9.17, 15) is 10.2 Å². The van der Waals surface area contributed by atoms with Gasteiger partial charge in [0.05, 0.1) is 12.2 Å². The Bertz CT molecular complexity index is 767. The van der Waals surface area contributed by atoms with E-state index in [1.165, 1.54) is 0 Å². The number of aliphatic hydroxyl groups is 1. The maximum Gasteiger partial charge on any atom is 0.197 e. The lowest BCUT2D eigenvalue weighted by Crippen LogP contribution is -2.44. The van der Waals surface area contributed by atoms with Crippen molar-refractivity contribution in [3.05, 3.63) is 64.2 Å². The van der Waals surface area contributed by atoms with Gasteiger partial charge in [-0.1, -0.05) is 29.8 Å². The van der Waals surface area contributed by atoms with Crippen molar-refractivity contribution < 1.29 is 24.4 Å². The molecule has 0 saturated carbocycles. The number of phenolic OH excluding ortho intramolecular Hbond substituents is 1. The third-order valence-electron chi connectivity index (χ3n) is 4.98. The monoisotopic (exact) mass is 392 g/mol. The molecule has 146 valence electrons. The van der Waals surface area contributed by atoms with Crippen LogP contribution in [0.3, 0.4) is 0 Å². The van der Waals surface area contributed by atoms with Crippen LogP contribution in [0.1, 0.15) is 42.6 Å². The fraction of sp³-hybridized carbons (Fsp3) is 0.429. The molecule has 1 fully saturated rings. The number of hydrogen-bond acceptors (Lipinski definition) is 5. The number of phenols is 1. The normalized spacial score (nSPS) is 26.7. The molecular formula is C21H25ClO5. The van der Waals surface area contributed by atoms with E-state index in [-0.39, 0.29) is 11.9 Å². The van der Waals surface area contributed by atoms with Gasteiger partial charge in [-0.2, -0.15) is 0 Å². The molecule has 1 aliphatic heterocycles. The van der Waals surface area contributed by atoms with Gasteiger partial charge < -0.3 is 24.4 Å². The van der Waals surface area contributed by atoms with Crippen LogP contribution >= 0.6 is 11.6 Å². The second-order valence-electron chi connectivity index (χ2n) is 6.92. The van der Waals surface area contributed by atoms with Crippen molar-refractivity contribution in [2.75, 3.05) is 14.2 Å². The van der Waals surface area contributed by atoms with Crippen molar-refractivity contribution in [2.24, 2.45) is 0 Å². The number of halogens is 1. The van der Waals surface area contributed by atoms with Crippen LogP contribution < -0.4 is 0 Å². The van der Waals surface area contributed by atoms with Gasteiger partial charge in [0, 0.05) is 36.8 Å². The Kier molecular flexibility index (Phi) is 6.08. The molecule has 0 spiro atoms. The molecule has 3 rings (SSSR count).